The lowest BCUT2D eigenvalue weighted by atomic mass is 9.98. The Morgan fingerprint density at radius 2 is 1.84 bits per heavy atom. The molecule has 1 aliphatic rings. The summed E-state index contributed by atoms with van der Waals surface area (Å²) in [7, 11) is 0. The number of para-hydroxylation sites is 1. The SMILES string of the molecule is O=C(Nc1ccc(-c2ccccc2OC(F)(F)F)c(Cl)c1)[C@H]1CC(F)(F)CCN1C(=O)O. The summed E-state index contributed by atoms with van der Waals surface area (Å²) >= 11 is 6.19. The number of halogens is 6. The van der Waals surface area contributed by atoms with Gasteiger partial charge in [-0.3, -0.25) is 9.69 Å². The zero-order valence-corrected chi connectivity index (χ0v) is 16.9. The number of benzene rings is 2. The van der Waals surface area contributed by atoms with Gasteiger partial charge in [-0.1, -0.05) is 35.9 Å². The van der Waals surface area contributed by atoms with Crippen molar-refractivity contribution in [3.8, 4) is 16.9 Å². The quantitative estimate of drug-likeness (QED) is 0.559. The average molecular weight is 479 g/mol. The number of alkyl halides is 5. The van der Waals surface area contributed by atoms with E-state index in [4.69, 9.17) is 11.6 Å². The molecule has 2 amide bonds. The Labute approximate surface area is 183 Å². The Bertz CT molecular complexity index is 1030. The van der Waals surface area contributed by atoms with E-state index in [0.717, 1.165) is 6.07 Å². The lowest BCUT2D eigenvalue weighted by Crippen LogP contribution is -2.54. The largest absolute Gasteiger partial charge is 0.573 e. The molecule has 1 atom stereocenters. The third kappa shape index (κ3) is 5.58. The average Bonchev–Trinajstić information content (AvgIpc) is 2.66. The molecular formula is C20H16ClF5N2O4. The summed E-state index contributed by atoms with van der Waals surface area (Å²) < 4.78 is 69.5. The number of carbonyl (C=O) groups excluding carboxylic acids is 1. The van der Waals surface area contributed by atoms with E-state index in [-0.39, 0.29) is 21.8 Å². The molecule has 3 rings (SSSR count). The molecule has 12 heteroatoms. The number of ether oxygens (including phenoxy) is 1. The van der Waals surface area contributed by atoms with E-state index >= 15 is 0 Å². The molecule has 2 N–H and O–H groups in total. The molecule has 0 saturated carbocycles. The lowest BCUT2D eigenvalue weighted by Gasteiger charge is -2.36. The van der Waals surface area contributed by atoms with Gasteiger partial charge >= 0.3 is 12.5 Å². The second-order valence-corrected chi connectivity index (χ2v) is 7.44. The number of piperidine rings is 1. The van der Waals surface area contributed by atoms with Crippen molar-refractivity contribution in [2.75, 3.05) is 11.9 Å². The third-order valence-corrected chi connectivity index (χ3v) is 5.09. The molecule has 0 bridgehead atoms. The van der Waals surface area contributed by atoms with Crippen LogP contribution >= 0.6 is 11.6 Å². The summed E-state index contributed by atoms with van der Waals surface area (Å²) in [5.74, 6) is -4.66. The molecule has 0 aromatic heterocycles. The van der Waals surface area contributed by atoms with Crippen molar-refractivity contribution in [1.29, 1.82) is 0 Å². The molecule has 172 valence electrons. The van der Waals surface area contributed by atoms with Crippen LogP contribution in [0.2, 0.25) is 5.02 Å². The monoisotopic (exact) mass is 478 g/mol. The predicted molar refractivity (Wildman–Crippen MR) is 105 cm³/mol. The second kappa shape index (κ2) is 8.81. The Hall–Kier alpha value is -3.08. The number of anilines is 1. The highest BCUT2D eigenvalue weighted by atomic mass is 35.5. The Morgan fingerprint density at radius 3 is 2.47 bits per heavy atom. The number of likely N-dealkylation sites (tertiary alicyclic amines) is 1. The maximum absolute atomic E-state index is 13.7. The second-order valence-electron chi connectivity index (χ2n) is 7.03. The summed E-state index contributed by atoms with van der Waals surface area (Å²) in [5.41, 5.74) is 0.259. The Kier molecular flexibility index (Phi) is 6.49. The molecule has 1 aliphatic heterocycles. The van der Waals surface area contributed by atoms with Crippen LogP contribution < -0.4 is 10.1 Å². The number of rotatable bonds is 4. The van der Waals surface area contributed by atoms with Crippen molar-refractivity contribution in [3.05, 3.63) is 47.5 Å². The van der Waals surface area contributed by atoms with Crippen LogP contribution in [0.4, 0.5) is 32.4 Å². The molecule has 0 aliphatic carbocycles. The van der Waals surface area contributed by atoms with Gasteiger partial charge in [0.2, 0.25) is 5.91 Å². The fourth-order valence-corrected chi connectivity index (χ4v) is 3.62. The van der Waals surface area contributed by atoms with Crippen molar-refractivity contribution in [2.24, 2.45) is 0 Å². The van der Waals surface area contributed by atoms with Gasteiger partial charge < -0.3 is 15.2 Å². The third-order valence-electron chi connectivity index (χ3n) is 4.77. The molecule has 2 aromatic rings. The van der Waals surface area contributed by atoms with Crippen molar-refractivity contribution >= 4 is 29.3 Å². The maximum Gasteiger partial charge on any atom is 0.573 e. The highest BCUT2D eigenvalue weighted by Gasteiger charge is 2.45. The first-order chi connectivity index (χ1) is 14.9. The summed E-state index contributed by atoms with van der Waals surface area (Å²) in [6.45, 7) is -0.504. The van der Waals surface area contributed by atoms with Crippen LogP contribution in [-0.2, 0) is 4.79 Å². The standard InChI is InChI=1S/C20H16ClF5N2O4/c21-14-9-11(27-17(29)15-10-19(22,23)7-8-28(15)18(30)31)5-6-12(14)13-3-1-2-4-16(13)32-20(24,25)26/h1-6,9,15H,7-8,10H2,(H,27,29)(H,30,31)/t15-/m1/s1. The molecule has 6 nitrogen and oxygen atoms in total. The van der Waals surface area contributed by atoms with Crippen LogP contribution in [0, 0.1) is 0 Å². The van der Waals surface area contributed by atoms with E-state index in [1.807, 2.05) is 0 Å². The highest BCUT2D eigenvalue weighted by Crippen LogP contribution is 2.38. The number of carboxylic acid groups (broad SMARTS) is 1. The molecule has 0 unspecified atom stereocenters. The number of amides is 2. The number of carbonyl (C=O) groups is 2. The van der Waals surface area contributed by atoms with Gasteiger partial charge in [-0.25, -0.2) is 13.6 Å². The normalized spacial score (nSPS) is 18.2. The van der Waals surface area contributed by atoms with Crippen LogP contribution in [0.15, 0.2) is 42.5 Å². The first kappa shape index (κ1) is 23.6. The van der Waals surface area contributed by atoms with Crippen LogP contribution in [-0.4, -0.2) is 46.9 Å². The lowest BCUT2D eigenvalue weighted by molar-refractivity contribution is -0.274. The van der Waals surface area contributed by atoms with Gasteiger partial charge in [0.05, 0.1) is 5.02 Å². The van der Waals surface area contributed by atoms with Crippen molar-refractivity contribution in [1.82, 2.24) is 4.90 Å². The fraction of sp³-hybridized carbons (Fsp3) is 0.300. The topological polar surface area (TPSA) is 78.9 Å². The summed E-state index contributed by atoms with van der Waals surface area (Å²) in [4.78, 5) is 24.4. The molecule has 2 aromatic carbocycles. The molecule has 0 spiro atoms. The molecule has 1 heterocycles. The highest BCUT2D eigenvalue weighted by molar-refractivity contribution is 6.33. The van der Waals surface area contributed by atoms with Gasteiger partial charge in [-0.15, -0.1) is 13.2 Å². The summed E-state index contributed by atoms with van der Waals surface area (Å²) in [6, 6.07) is 7.52. The molecular weight excluding hydrogens is 463 g/mol. The van der Waals surface area contributed by atoms with Crippen LogP contribution in [0.1, 0.15) is 12.8 Å². The van der Waals surface area contributed by atoms with E-state index in [1.165, 1.54) is 36.4 Å². The van der Waals surface area contributed by atoms with Gasteiger partial charge in [0.1, 0.15) is 11.8 Å². The van der Waals surface area contributed by atoms with Gasteiger partial charge in [-0.05, 0) is 18.2 Å². The van der Waals surface area contributed by atoms with E-state index in [2.05, 4.69) is 10.1 Å². The van der Waals surface area contributed by atoms with Crippen LogP contribution in [0.3, 0.4) is 0 Å². The summed E-state index contributed by atoms with van der Waals surface area (Å²) in [5, 5.41) is 11.5. The van der Waals surface area contributed by atoms with Crippen LogP contribution in [0.5, 0.6) is 5.75 Å². The Morgan fingerprint density at radius 1 is 1.16 bits per heavy atom. The van der Waals surface area contributed by atoms with Crippen LogP contribution in [0.25, 0.3) is 11.1 Å². The molecule has 1 fully saturated rings. The minimum atomic E-state index is -4.92. The van der Waals surface area contributed by atoms with Crippen molar-refractivity contribution in [2.45, 2.75) is 31.2 Å². The number of nitrogens with one attached hydrogen (secondary N) is 1. The van der Waals surface area contributed by atoms with E-state index < -0.39 is 55.5 Å². The molecule has 1 saturated heterocycles. The summed E-state index contributed by atoms with van der Waals surface area (Å²) in [6.07, 6.45) is -8.09. The van der Waals surface area contributed by atoms with Gasteiger partial charge in [0.25, 0.3) is 5.92 Å². The van der Waals surface area contributed by atoms with Gasteiger partial charge in [0.15, 0.2) is 0 Å². The van der Waals surface area contributed by atoms with E-state index in [9.17, 15) is 36.6 Å². The fourth-order valence-electron chi connectivity index (χ4n) is 3.34. The van der Waals surface area contributed by atoms with Gasteiger partial charge in [0, 0.05) is 36.2 Å². The Balaban J connectivity index is 1.83. The number of nitrogens with zero attached hydrogens (tertiary/aromatic N) is 1. The van der Waals surface area contributed by atoms with Crippen molar-refractivity contribution < 1.29 is 41.4 Å². The minimum absolute atomic E-state index is 0.0386. The van der Waals surface area contributed by atoms with E-state index in [1.54, 1.807) is 0 Å². The number of hydrogen-bond donors (Lipinski definition) is 2. The predicted octanol–water partition coefficient (Wildman–Crippen LogP) is 5.62. The smallest absolute Gasteiger partial charge is 0.465 e. The maximum atomic E-state index is 13.7. The van der Waals surface area contributed by atoms with Crippen molar-refractivity contribution in [3.63, 3.8) is 0 Å². The zero-order chi connectivity index (χ0) is 23.7. The minimum Gasteiger partial charge on any atom is -0.465 e. The zero-order valence-electron chi connectivity index (χ0n) is 16.1. The molecule has 0 radical (unpaired) electrons. The first-order valence-corrected chi connectivity index (χ1v) is 9.57. The van der Waals surface area contributed by atoms with E-state index in [0.29, 0.717) is 4.90 Å². The molecule has 32 heavy (non-hydrogen) atoms. The number of hydrogen-bond acceptors (Lipinski definition) is 3. The van der Waals surface area contributed by atoms with Gasteiger partial charge in [-0.2, -0.15) is 0 Å². The first-order valence-electron chi connectivity index (χ1n) is 9.19.